The minimum Gasteiger partial charge on any atom is -0.288 e. The Morgan fingerprint density at radius 3 is 1.83 bits per heavy atom. The van der Waals surface area contributed by atoms with Crippen molar-refractivity contribution < 1.29 is 0 Å². The molecule has 2 aromatic carbocycles. The van der Waals surface area contributed by atoms with Crippen LogP contribution in [0.1, 0.15) is 45.8 Å². The van der Waals surface area contributed by atoms with Crippen molar-refractivity contribution in [1.29, 1.82) is 0 Å². The van der Waals surface area contributed by atoms with Crippen LogP contribution in [-0.2, 0) is 0 Å². The van der Waals surface area contributed by atoms with E-state index < -0.39 is 0 Å². The molecule has 0 atom stereocenters. The van der Waals surface area contributed by atoms with Crippen LogP contribution in [0.4, 0.5) is 0 Å². The summed E-state index contributed by atoms with van der Waals surface area (Å²) in [4.78, 5) is 2.61. The van der Waals surface area contributed by atoms with Crippen molar-refractivity contribution in [3.05, 3.63) is 81.9 Å². The Balaban J connectivity index is 2.16. The Kier molecular flexibility index (Phi) is 4.68. The lowest BCUT2D eigenvalue weighted by atomic mass is 9.87. The smallest absolute Gasteiger partial charge is 0.0609 e. The Hall–Kier alpha value is -1.86. The van der Waals surface area contributed by atoms with Gasteiger partial charge in [-0.2, -0.15) is 0 Å². The molecule has 1 nitrogen and oxygen atoms in total. The predicted molar refractivity (Wildman–Crippen MR) is 99.0 cm³/mol. The van der Waals surface area contributed by atoms with Gasteiger partial charge in [-0.15, -0.1) is 0 Å². The Morgan fingerprint density at radius 1 is 0.783 bits per heavy atom. The van der Waals surface area contributed by atoms with Gasteiger partial charge in [0.15, 0.2) is 0 Å². The number of aryl methyl sites for hydroxylation is 2. The first kappa shape index (κ1) is 16.0. The third-order valence-corrected chi connectivity index (χ3v) is 5.34. The zero-order valence-corrected chi connectivity index (χ0v) is 14.8. The summed E-state index contributed by atoms with van der Waals surface area (Å²) >= 11 is 0. The van der Waals surface area contributed by atoms with Gasteiger partial charge in [-0.3, -0.25) is 4.90 Å². The normalized spacial score (nSPS) is 15.3. The van der Waals surface area contributed by atoms with Crippen LogP contribution in [0.25, 0.3) is 0 Å². The molecule has 1 heterocycles. The maximum absolute atomic E-state index is 2.61. The van der Waals surface area contributed by atoms with Gasteiger partial charge in [-0.1, -0.05) is 48.6 Å². The van der Waals surface area contributed by atoms with Gasteiger partial charge in [-0.05, 0) is 67.5 Å². The van der Waals surface area contributed by atoms with E-state index in [2.05, 4.69) is 81.1 Å². The summed E-state index contributed by atoms with van der Waals surface area (Å²) in [7, 11) is 0. The van der Waals surface area contributed by atoms with Crippen molar-refractivity contribution in [3.63, 3.8) is 0 Å². The second-order valence-electron chi connectivity index (χ2n) is 6.74. The van der Waals surface area contributed by atoms with Crippen LogP contribution in [0.15, 0.2) is 48.6 Å². The Labute approximate surface area is 140 Å². The minimum absolute atomic E-state index is 0.347. The van der Waals surface area contributed by atoms with E-state index >= 15 is 0 Å². The first-order valence-corrected chi connectivity index (χ1v) is 8.61. The van der Waals surface area contributed by atoms with Crippen LogP contribution < -0.4 is 0 Å². The van der Waals surface area contributed by atoms with E-state index in [0.717, 1.165) is 19.5 Å². The van der Waals surface area contributed by atoms with Crippen LogP contribution in [0.2, 0.25) is 0 Å². The summed E-state index contributed by atoms with van der Waals surface area (Å²) in [6, 6.07) is 13.8. The van der Waals surface area contributed by atoms with Crippen LogP contribution in [0.3, 0.4) is 0 Å². The van der Waals surface area contributed by atoms with Crippen LogP contribution in [0.5, 0.6) is 0 Å². The van der Waals surface area contributed by atoms with E-state index in [0.29, 0.717) is 6.04 Å². The second kappa shape index (κ2) is 6.72. The fraction of sp³-hybridized carbons (Fsp3) is 0.364. The monoisotopic (exact) mass is 305 g/mol. The predicted octanol–water partition coefficient (Wildman–Crippen LogP) is 5.27. The maximum Gasteiger partial charge on any atom is 0.0609 e. The molecular formula is C22H27N. The molecule has 1 aliphatic rings. The number of hydrogen-bond acceptors (Lipinski definition) is 1. The molecular weight excluding hydrogens is 278 g/mol. The van der Waals surface area contributed by atoms with Crippen molar-refractivity contribution >= 4 is 0 Å². The van der Waals surface area contributed by atoms with E-state index in [1.165, 1.54) is 33.4 Å². The minimum atomic E-state index is 0.347. The molecule has 23 heavy (non-hydrogen) atoms. The van der Waals surface area contributed by atoms with Crippen molar-refractivity contribution in [2.24, 2.45) is 0 Å². The lowest BCUT2D eigenvalue weighted by molar-refractivity contribution is 0.245. The zero-order chi connectivity index (χ0) is 16.4. The quantitative estimate of drug-likeness (QED) is 0.698. The number of benzene rings is 2. The second-order valence-corrected chi connectivity index (χ2v) is 6.74. The average Bonchev–Trinajstić information content (AvgIpc) is 2.56. The molecule has 0 bridgehead atoms. The summed E-state index contributed by atoms with van der Waals surface area (Å²) in [5.74, 6) is 0. The highest BCUT2D eigenvalue weighted by molar-refractivity contribution is 5.45. The van der Waals surface area contributed by atoms with Crippen molar-refractivity contribution in [2.45, 2.75) is 40.2 Å². The zero-order valence-electron chi connectivity index (χ0n) is 14.8. The molecule has 0 radical (unpaired) electrons. The highest BCUT2D eigenvalue weighted by Gasteiger charge is 2.25. The van der Waals surface area contributed by atoms with E-state index in [1.54, 1.807) is 0 Å². The highest BCUT2D eigenvalue weighted by atomic mass is 15.2. The highest BCUT2D eigenvalue weighted by Crippen LogP contribution is 2.35. The van der Waals surface area contributed by atoms with Gasteiger partial charge in [0.1, 0.15) is 0 Å². The summed E-state index contributed by atoms with van der Waals surface area (Å²) in [5.41, 5.74) is 8.51. The van der Waals surface area contributed by atoms with Crippen molar-refractivity contribution in [2.75, 3.05) is 13.1 Å². The van der Waals surface area contributed by atoms with Crippen molar-refractivity contribution in [1.82, 2.24) is 4.90 Å². The Bertz CT molecular complexity index is 675. The van der Waals surface area contributed by atoms with Gasteiger partial charge in [-0.25, -0.2) is 0 Å². The Morgan fingerprint density at radius 2 is 1.35 bits per heavy atom. The third kappa shape index (κ3) is 3.11. The van der Waals surface area contributed by atoms with Gasteiger partial charge in [0, 0.05) is 13.1 Å². The summed E-state index contributed by atoms with van der Waals surface area (Å²) in [6.45, 7) is 11.1. The SMILES string of the molecule is Cc1cccc(C(c2cccc(C)c2C)N2CC=CCC2)c1C. The van der Waals surface area contributed by atoms with Crippen molar-refractivity contribution in [3.8, 4) is 0 Å². The molecule has 0 spiro atoms. The summed E-state index contributed by atoms with van der Waals surface area (Å²) in [5, 5.41) is 0. The first-order chi connectivity index (χ1) is 11.1. The van der Waals surface area contributed by atoms with E-state index in [1.807, 2.05) is 0 Å². The lowest BCUT2D eigenvalue weighted by Gasteiger charge is -2.35. The molecule has 0 fully saturated rings. The molecule has 0 N–H and O–H groups in total. The molecule has 2 aromatic rings. The van der Waals surface area contributed by atoms with E-state index in [-0.39, 0.29) is 0 Å². The largest absolute Gasteiger partial charge is 0.288 e. The molecule has 1 heteroatoms. The van der Waals surface area contributed by atoms with Gasteiger partial charge in [0.05, 0.1) is 6.04 Å². The summed E-state index contributed by atoms with van der Waals surface area (Å²) in [6.07, 6.45) is 5.76. The maximum atomic E-state index is 2.61. The fourth-order valence-electron chi connectivity index (χ4n) is 3.59. The summed E-state index contributed by atoms with van der Waals surface area (Å²) < 4.78 is 0. The molecule has 3 rings (SSSR count). The number of rotatable bonds is 3. The molecule has 1 aliphatic heterocycles. The van der Waals surface area contributed by atoms with Crippen LogP contribution in [-0.4, -0.2) is 18.0 Å². The number of nitrogens with zero attached hydrogens (tertiary/aromatic N) is 1. The molecule has 0 aliphatic carbocycles. The van der Waals surface area contributed by atoms with Gasteiger partial charge < -0.3 is 0 Å². The van der Waals surface area contributed by atoms with Crippen LogP contribution in [0, 0.1) is 27.7 Å². The molecule has 0 saturated carbocycles. The fourth-order valence-corrected chi connectivity index (χ4v) is 3.59. The first-order valence-electron chi connectivity index (χ1n) is 8.61. The molecule has 0 amide bonds. The molecule has 0 saturated heterocycles. The molecule has 0 aromatic heterocycles. The van der Waals surface area contributed by atoms with Gasteiger partial charge in [0.2, 0.25) is 0 Å². The standard InChI is InChI=1S/C22H27N/c1-16-10-8-12-20(18(16)3)22(23-14-6-5-7-15-23)21-13-9-11-17(2)19(21)4/h5-6,8-13,22H,7,14-15H2,1-4H3. The molecule has 0 unspecified atom stereocenters. The van der Waals surface area contributed by atoms with Gasteiger partial charge in [0.25, 0.3) is 0 Å². The molecule has 120 valence electrons. The van der Waals surface area contributed by atoms with Gasteiger partial charge >= 0.3 is 0 Å². The average molecular weight is 305 g/mol. The topological polar surface area (TPSA) is 3.24 Å². The van der Waals surface area contributed by atoms with Crippen LogP contribution >= 0.6 is 0 Å². The van der Waals surface area contributed by atoms with E-state index in [9.17, 15) is 0 Å². The van der Waals surface area contributed by atoms with E-state index in [4.69, 9.17) is 0 Å². The lowest BCUT2D eigenvalue weighted by Crippen LogP contribution is -2.33. The third-order valence-electron chi connectivity index (χ3n) is 5.34. The number of hydrogen-bond donors (Lipinski definition) is 0.